The standard InChI is InChI=1S/Cl2H2NO3P/c1-3(2)7(4,5)6/h(H2,4,5,6). The molecule has 0 heterocycles. The van der Waals surface area contributed by atoms with E-state index in [0.29, 0.717) is 0 Å². The van der Waals surface area contributed by atoms with Gasteiger partial charge in [-0.1, -0.05) is 0 Å². The third-order valence-corrected chi connectivity index (χ3v) is 1.77. The molecule has 0 aromatic carbocycles. The summed E-state index contributed by atoms with van der Waals surface area (Å²) < 4.78 is 9.49. The summed E-state index contributed by atoms with van der Waals surface area (Å²) in [6.45, 7) is 0. The zero-order valence-electron chi connectivity index (χ0n) is 2.95. The minimum absolute atomic E-state index is 0.201. The third kappa shape index (κ3) is 3.29. The molecule has 0 rings (SSSR count). The van der Waals surface area contributed by atoms with Gasteiger partial charge in [-0.15, -0.1) is 0 Å². The van der Waals surface area contributed by atoms with E-state index in [1.54, 1.807) is 0 Å². The van der Waals surface area contributed by atoms with Crippen molar-refractivity contribution in [3.63, 3.8) is 0 Å². The van der Waals surface area contributed by atoms with E-state index >= 15 is 0 Å². The minimum atomic E-state index is -4.37. The lowest BCUT2D eigenvalue weighted by Gasteiger charge is -2.02. The van der Waals surface area contributed by atoms with Crippen molar-refractivity contribution in [2.24, 2.45) is 0 Å². The maximum Gasteiger partial charge on any atom is 0.431 e. The van der Waals surface area contributed by atoms with Gasteiger partial charge in [0.15, 0.2) is 0 Å². The van der Waals surface area contributed by atoms with Crippen LogP contribution in [0.15, 0.2) is 0 Å². The molecule has 4 nitrogen and oxygen atoms in total. The molecule has 0 aromatic rings. The normalized spacial score (nSPS) is 12.7. The SMILES string of the molecule is O=P(O)(O)N(Cl)Cl. The van der Waals surface area contributed by atoms with Crippen LogP contribution in [-0.2, 0) is 4.57 Å². The molecule has 0 saturated heterocycles. The molecule has 0 aliphatic carbocycles. The van der Waals surface area contributed by atoms with Crippen molar-refractivity contribution >= 4 is 31.3 Å². The molecule has 0 unspecified atom stereocenters. The summed E-state index contributed by atoms with van der Waals surface area (Å²) in [7, 11) is -4.37. The predicted molar refractivity (Wildman–Crippen MR) is 25.6 cm³/mol. The molecular weight excluding hydrogens is 164 g/mol. The number of hydrogen-bond donors (Lipinski definition) is 2. The van der Waals surface area contributed by atoms with Gasteiger partial charge in [0.25, 0.3) is 0 Å². The van der Waals surface area contributed by atoms with Gasteiger partial charge in [0, 0.05) is 23.6 Å². The van der Waals surface area contributed by atoms with Gasteiger partial charge < -0.3 is 9.79 Å². The Kier molecular flexibility index (Phi) is 2.53. The van der Waals surface area contributed by atoms with Crippen LogP contribution in [0.5, 0.6) is 0 Å². The highest BCUT2D eigenvalue weighted by Crippen LogP contribution is 2.43. The second-order valence-corrected chi connectivity index (χ2v) is 3.48. The summed E-state index contributed by atoms with van der Waals surface area (Å²) in [5, 5.41) is 0. The lowest BCUT2D eigenvalue weighted by atomic mass is 13.9. The quantitative estimate of drug-likeness (QED) is 0.444. The Labute approximate surface area is 50.1 Å². The van der Waals surface area contributed by atoms with Crippen molar-refractivity contribution in [1.82, 2.24) is 3.71 Å². The van der Waals surface area contributed by atoms with Crippen molar-refractivity contribution in [3.8, 4) is 0 Å². The fraction of sp³-hybridized carbons (Fsp3) is 0. The molecule has 0 fully saturated rings. The molecule has 0 radical (unpaired) electrons. The molecule has 7 heteroatoms. The monoisotopic (exact) mass is 165 g/mol. The molecule has 0 aromatic heterocycles. The molecule has 2 N–H and O–H groups in total. The average molecular weight is 166 g/mol. The minimum Gasteiger partial charge on any atom is -0.311 e. The Bertz CT molecular complexity index is 95.1. The Morgan fingerprint density at radius 2 is 1.57 bits per heavy atom. The van der Waals surface area contributed by atoms with E-state index in [0.717, 1.165) is 0 Å². The maximum atomic E-state index is 9.69. The molecule has 0 atom stereocenters. The number of halogens is 2. The van der Waals surface area contributed by atoms with Crippen LogP contribution in [0.3, 0.4) is 0 Å². The van der Waals surface area contributed by atoms with E-state index in [1.807, 2.05) is 0 Å². The first kappa shape index (κ1) is 7.69. The van der Waals surface area contributed by atoms with Crippen LogP contribution in [0.2, 0.25) is 0 Å². The van der Waals surface area contributed by atoms with E-state index in [2.05, 4.69) is 23.6 Å². The first-order valence-corrected chi connectivity index (χ1v) is 3.36. The van der Waals surface area contributed by atoms with Crippen LogP contribution in [0.1, 0.15) is 0 Å². The summed E-state index contributed by atoms with van der Waals surface area (Å²) in [6.07, 6.45) is 0. The third-order valence-electron chi connectivity index (χ3n) is 0.197. The molecule has 44 valence electrons. The van der Waals surface area contributed by atoms with Gasteiger partial charge >= 0.3 is 7.75 Å². The van der Waals surface area contributed by atoms with Gasteiger partial charge in [0.2, 0.25) is 0 Å². The molecule has 0 aliphatic heterocycles. The van der Waals surface area contributed by atoms with Crippen LogP contribution >= 0.6 is 31.3 Å². The van der Waals surface area contributed by atoms with Crippen LogP contribution in [0.25, 0.3) is 0 Å². The van der Waals surface area contributed by atoms with Crippen LogP contribution in [0.4, 0.5) is 0 Å². The van der Waals surface area contributed by atoms with Gasteiger partial charge in [-0.2, -0.15) is 0 Å². The van der Waals surface area contributed by atoms with E-state index < -0.39 is 7.75 Å². The maximum absolute atomic E-state index is 9.69. The Hall–Kier alpha value is 0.690. The van der Waals surface area contributed by atoms with Crippen molar-refractivity contribution in [1.29, 1.82) is 0 Å². The smallest absolute Gasteiger partial charge is 0.311 e. The fourth-order valence-corrected chi connectivity index (χ4v) is 0. The summed E-state index contributed by atoms with van der Waals surface area (Å²) in [4.78, 5) is 15.7. The van der Waals surface area contributed by atoms with E-state index in [-0.39, 0.29) is 3.71 Å². The molecular formula is H2Cl2NO3P. The highest BCUT2D eigenvalue weighted by molar-refractivity contribution is 7.52. The average Bonchev–Trinajstić information content (AvgIpc) is 1.31. The zero-order chi connectivity index (χ0) is 6.08. The molecule has 0 saturated carbocycles. The second-order valence-electron chi connectivity index (χ2n) is 0.728. The van der Waals surface area contributed by atoms with Gasteiger partial charge in [0.1, 0.15) is 0 Å². The highest BCUT2D eigenvalue weighted by Gasteiger charge is 2.20. The number of nitrogens with zero attached hydrogens (tertiary/aromatic N) is 1. The topological polar surface area (TPSA) is 60.8 Å². The second kappa shape index (κ2) is 2.31. The lowest BCUT2D eigenvalue weighted by Crippen LogP contribution is -1.90. The number of hydrogen-bond acceptors (Lipinski definition) is 1. The van der Waals surface area contributed by atoms with Crippen molar-refractivity contribution in [2.45, 2.75) is 0 Å². The first-order chi connectivity index (χ1) is 2.94. The van der Waals surface area contributed by atoms with Crippen molar-refractivity contribution in [2.75, 3.05) is 0 Å². The predicted octanol–water partition coefficient (Wildman–Crippen LogP) is 0.689. The largest absolute Gasteiger partial charge is 0.431 e. The van der Waals surface area contributed by atoms with Crippen LogP contribution in [-0.4, -0.2) is 13.5 Å². The molecule has 0 bridgehead atoms. The number of rotatable bonds is 1. The van der Waals surface area contributed by atoms with Crippen molar-refractivity contribution < 1.29 is 14.4 Å². The Morgan fingerprint density at radius 1 is 1.43 bits per heavy atom. The Balaban J connectivity index is 3.80. The summed E-state index contributed by atoms with van der Waals surface area (Å²) in [6, 6.07) is 0. The Morgan fingerprint density at radius 3 is 1.57 bits per heavy atom. The first-order valence-electron chi connectivity index (χ1n) is 1.12. The zero-order valence-corrected chi connectivity index (χ0v) is 5.36. The molecule has 0 aliphatic rings. The fourth-order valence-electron chi connectivity index (χ4n) is 0. The summed E-state index contributed by atoms with van der Waals surface area (Å²) in [5.41, 5.74) is 0. The van der Waals surface area contributed by atoms with Gasteiger partial charge in [-0.3, -0.25) is 0 Å². The highest BCUT2D eigenvalue weighted by atomic mass is 35.5. The van der Waals surface area contributed by atoms with Crippen molar-refractivity contribution in [3.05, 3.63) is 0 Å². The van der Waals surface area contributed by atoms with Gasteiger partial charge in [-0.05, 0) is 3.71 Å². The van der Waals surface area contributed by atoms with E-state index in [4.69, 9.17) is 9.79 Å². The molecule has 0 spiro atoms. The van der Waals surface area contributed by atoms with E-state index in [1.165, 1.54) is 0 Å². The summed E-state index contributed by atoms with van der Waals surface area (Å²) in [5.74, 6) is 0. The molecule has 7 heavy (non-hydrogen) atoms. The molecule has 0 amide bonds. The van der Waals surface area contributed by atoms with Crippen LogP contribution in [0, 0.1) is 0 Å². The van der Waals surface area contributed by atoms with Crippen LogP contribution < -0.4 is 0 Å². The van der Waals surface area contributed by atoms with Gasteiger partial charge in [-0.25, -0.2) is 4.57 Å². The van der Waals surface area contributed by atoms with Gasteiger partial charge in [0.05, 0.1) is 0 Å². The lowest BCUT2D eigenvalue weighted by molar-refractivity contribution is 0.351. The summed E-state index contributed by atoms with van der Waals surface area (Å²) >= 11 is 9.18. The van der Waals surface area contributed by atoms with E-state index in [9.17, 15) is 4.57 Å².